The van der Waals surface area contributed by atoms with Gasteiger partial charge in [-0.05, 0) is 51.4 Å². The molecule has 4 heterocycles. The van der Waals surface area contributed by atoms with E-state index in [1.54, 1.807) is 0 Å². The highest BCUT2D eigenvalue weighted by Gasteiger charge is 2.24. The average molecular weight is 415 g/mol. The van der Waals surface area contributed by atoms with E-state index in [4.69, 9.17) is 9.97 Å². The molecule has 1 aliphatic heterocycles. The van der Waals surface area contributed by atoms with Crippen LogP contribution in [0.2, 0.25) is 0 Å². The molecule has 0 aliphatic carbocycles. The topological polar surface area (TPSA) is 51.8 Å². The lowest BCUT2D eigenvalue weighted by Crippen LogP contribution is -2.35. The predicted octanol–water partition coefficient (Wildman–Crippen LogP) is 4.79. The van der Waals surface area contributed by atoms with Crippen molar-refractivity contribution in [2.75, 3.05) is 13.1 Å². The number of benzene rings is 1. The van der Waals surface area contributed by atoms with Crippen LogP contribution in [0.5, 0.6) is 0 Å². The zero-order valence-electron chi connectivity index (χ0n) is 18.6. The van der Waals surface area contributed by atoms with E-state index < -0.39 is 0 Å². The van der Waals surface area contributed by atoms with Crippen molar-refractivity contribution in [3.8, 4) is 11.1 Å². The highest BCUT2D eigenvalue weighted by molar-refractivity contribution is 5.76. The predicted molar refractivity (Wildman–Crippen MR) is 124 cm³/mol. The number of rotatable bonds is 5. The van der Waals surface area contributed by atoms with Crippen LogP contribution in [0.3, 0.4) is 0 Å². The molecule has 0 N–H and O–H groups in total. The number of aromatic nitrogens is 5. The molecule has 5 rings (SSSR count). The van der Waals surface area contributed by atoms with Crippen molar-refractivity contribution >= 4 is 11.0 Å². The summed E-state index contributed by atoms with van der Waals surface area (Å²) in [5.74, 6) is 1.63. The molecule has 1 aliphatic rings. The number of piperidine rings is 1. The molecule has 1 aromatic carbocycles. The molecule has 3 aromatic heterocycles. The minimum Gasteiger partial charge on any atom is -0.324 e. The van der Waals surface area contributed by atoms with Crippen molar-refractivity contribution in [1.29, 1.82) is 0 Å². The molecule has 1 fully saturated rings. The van der Waals surface area contributed by atoms with Crippen molar-refractivity contribution in [3.63, 3.8) is 0 Å². The number of para-hydroxylation sites is 2. The molecule has 4 aromatic rings. The third-order valence-electron chi connectivity index (χ3n) is 6.30. The maximum Gasteiger partial charge on any atom is 0.124 e. The summed E-state index contributed by atoms with van der Waals surface area (Å²) >= 11 is 0. The minimum absolute atomic E-state index is 0.393. The monoisotopic (exact) mass is 414 g/mol. The lowest BCUT2D eigenvalue weighted by molar-refractivity contribution is 0.191. The molecule has 1 saturated heterocycles. The summed E-state index contributed by atoms with van der Waals surface area (Å²) in [5, 5.41) is 4.26. The molecule has 1 atom stereocenters. The average Bonchev–Trinajstić information content (AvgIpc) is 3.37. The van der Waals surface area contributed by atoms with Gasteiger partial charge < -0.3 is 4.57 Å². The number of fused-ring (bicyclic) bond motifs is 1. The van der Waals surface area contributed by atoms with Gasteiger partial charge in [0.25, 0.3) is 0 Å². The molecule has 0 radical (unpaired) electrons. The molecule has 160 valence electrons. The fraction of sp³-hybridized carbons (Fsp3) is 0.400. The Kier molecular flexibility index (Phi) is 5.32. The number of imidazole rings is 1. The van der Waals surface area contributed by atoms with Crippen molar-refractivity contribution < 1.29 is 0 Å². The Hall–Kier alpha value is -2.99. The number of nitrogens with zero attached hydrogens (tertiary/aromatic N) is 6. The largest absolute Gasteiger partial charge is 0.324 e. The normalized spacial score (nSPS) is 17.6. The van der Waals surface area contributed by atoms with Gasteiger partial charge in [0, 0.05) is 54.8 Å². The first-order chi connectivity index (χ1) is 15.1. The van der Waals surface area contributed by atoms with E-state index in [1.807, 2.05) is 30.3 Å². The summed E-state index contributed by atoms with van der Waals surface area (Å²) in [6.45, 7) is 7.51. The van der Waals surface area contributed by atoms with Crippen molar-refractivity contribution in [3.05, 3.63) is 66.5 Å². The first-order valence-corrected chi connectivity index (χ1v) is 11.2. The number of aryl methyl sites for hydroxylation is 1. The van der Waals surface area contributed by atoms with E-state index in [1.165, 1.54) is 24.1 Å². The van der Waals surface area contributed by atoms with Gasteiger partial charge in [-0.2, -0.15) is 5.10 Å². The van der Waals surface area contributed by atoms with Crippen molar-refractivity contribution in [1.82, 2.24) is 29.2 Å². The van der Waals surface area contributed by atoms with Gasteiger partial charge in [0.2, 0.25) is 0 Å². The number of pyridine rings is 1. The lowest BCUT2D eigenvalue weighted by Gasteiger charge is -2.32. The lowest BCUT2D eigenvalue weighted by atomic mass is 9.94. The number of hydrogen-bond donors (Lipinski definition) is 0. The summed E-state index contributed by atoms with van der Waals surface area (Å²) in [7, 11) is 1.94. The fourth-order valence-corrected chi connectivity index (χ4v) is 4.81. The van der Waals surface area contributed by atoms with E-state index >= 15 is 0 Å². The number of likely N-dealkylation sites (tertiary alicyclic amines) is 1. The second-order valence-corrected chi connectivity index (χ2v) is 8.93. The van der Waals surface area contributed by atoms with Gasteiger partial charge in [-0.15, -0.1) is 0 Å². The van der Waals surface area contributed by atoms with Gasteiger partial charge in [0.05, 0.1) is 23.8 Å². The van der Waals surface area contributed by atoms with Gasteiger partial charge in [0.1, 0.15) is 5.82 Å². The molecule has 31 heavy (non-hydrogen) atoms. The summed E-state index contributed by atoms with van der Waals surface area (Å²) in [5.41, 5.74) is 5.74. The number of hydrogen-bond acceptors (Lipinski definition) is 4. The van der Waals surface area contributed by atoms with E-state index in [0.29, 0.717) is 12.0 Å². The van der Waals surface area contributed by atoms with Crippen molar-refractivity contribution in [2.24, 2.45) is 7.05 Å². The van der Waals surface area contributed by atoms with Crippen LogP contribution in [-0.2, 0) is 13.6 Å². The van der Waals surface area contributed by atoms with Gasteiger partial charge in [-0.1, -0.05) is 18.2 Å². The molecule has 1 unspecified atom stereocenters. The molecule has 6 heteroatoms. The SMILES string of the molecule is CC(C)n1c(CN2CCCC(c3ccc(-c4cnn(C)c4)cn3)C2)nc2ccccc21. The summed E-state index contributed by atoms with van der Waals surface area (Å²) in [4.78, 5) is 12.3. The molecule has 0 bridgehead atoms. The molecule has 0 amide bonds. The minimum atomic E-state index is 0.393. The van der Waals surface area contributed by atoms with Crippen LogP contribution in [0.25, 0.3) is 22.2 Å². The molecule has 0 spiro atoms. The van der Waals surface area contributed by atoms with E-state index in [-0.39, 0.29) is 0 Å². The fourth-order valence-electron chi connectivity index (χ4n) is 4.81. The maximum absolute atomic E-state index is 4.97. The third kappa shape index (κ3) is 4.00. The first-order valence-electron chi connectivity index (χ1n) is 11.2. The summed E-state index contributed by atoms with van der Waals surface area (Å²) < 4.78 is 4.21. The highest BCUT2D eigenvalue weighted by atomic mass is 15.2. The van der Waals surface area contributed by atoms with Crippen LogP contribution in [0.4, 0.5) is 0 Å². The van der Waals surface area contributed by atoms with Crippen LogP contribution in [0.15, 0.2) is 55.0 Å². The van der Waals surface area contributed by atoms with Crippen LogP contribution in [0, 0.1) is 0 Å². The Morgan fingerprint density at radius 3 is 2.68 bits per heavy atom. The Bertz CT molecular complexity index is 1170. The van der Waals surface area contributed by atoms with Gasteiger partial charge >= 0.3 is 0 Å². The second kappa shape index (κ2) is 8.27. The molecular formula is C25H30N6. The zero-order chi connectivity index (χ0) is 21.4. The third-order valence-corrected chi connectivity index (χ3v) is 6.30. The maximum atomic E-state index is 4.97. The van der Waals surface area contributed by atoms with E-state index in [9.17, 15) is 0 Å². The highest BCUT2D eigenvalue weighted by Crippen LogP contribution is 2.29. The Balaban J connectivity index is 1.33. The smallest absolute Gasteiger partial charge is 0.124 e. The Morgan fingerprint density at radius 2 is 1.94 bits per heavy atom. The second-order valence-electron chi connectivity index (χ2n) is 8.93. The van der Waals surface area contributed by atoms with Crippen molar-refractivity contribution in [2.45, 2.75) is 45.2 Å². The zero-order valence-corrected chi connectivity index (χ0v) is 18.6. The van der Waals surface area contributed by atoms with Gasteiger partial charge in [-0.25, -0.2) is 4.98 Å². The van der Waals surface area contributed by atoms with Gasteiger partial charge in [0.15, 0.2) is 0 Å². The molecule has 6 nitrogen and oxygen atoms in total. The van der Waals surface area contributed by atoms with Crippen LogP contribution >= 0.6 is 0 Å². The Labute approximate surface area is 183 Å². The standard InChI is InChI=1S/C25H30N6/c1-18(2)31-24-9-5-4-8-23(24)28-25(31)17-30-12-6-7-20(16-30)22-11-10-19(13-26-22)21-14-27-29(3)15-21/h4-5,8-11,13-15,18,20H,6-7,12,16-17H2,1-3H3. The van der Waals surface area contributed by atoms with E-state index in [0.717, 1.165) is 42.1 Å². The van der Waals surface area contributed by atoms with E-state index in [2.05, 4.69) is 64.8 Å². The van der Waals surface area contributed by atoms with Gasteiger partial charge in [-0.3, -0.25) is 14.6 Å². The van der Waals surface area contributed by atoms with Crippen LogP contribution in [0.1, 0.15) is 50.2 Å². The molecule has 0 saturated carbocycles. The summed E-state index contributed by atoms with van der Waals surface area (Å²) in [6.07, 6.45) is 8.29. The van der Waals surface area contributed by atoms with Crippen LogP contribution < -0.4 is 0 Å². The molecular weight excluding hydrogens is 384 g/mol. The summed E-state index contributed by atoms with van der Waals surface area (Å²) in [6, 6.07) is 13.2. The Morgan fingerprint density at radius 1 is 1.06 bits per heavy atom. The first kappa shape index (κ1) is 19.9. The van der Waals surface area contributed by atoms with Crippen LogP contribution in [-0.4, -0.2) is 42.3 Å². The quantitative estimate of drug-likeness (QED) is 0.471.